The van der Waals surface area contributed by atoms with Crippen molar-refractivity contribution < 1.29 is 9.53 Å². The monoisotopic (exact) mass is 263 g/mol. The minimum Gasteiger partial charge on any atom is -0.462 e. The van der Waals surface area contributed by atoms with E-state index in [1.165, 1.54) is 19.0 Å². The SMILES string of the molecule is CCOC(=O)c1cc(NC2(C)CCCC2)ncc1N. The largest absolute Gasteiger partial charge is 0.462 e. The fraction of sp³-hybridized carbons (Fsp3) is 0.571. The van der Waals surface area contributed by atoms with Gasteiger partial charge in [0.2, 0.25) is 0 Å². The molecule has 1 saturated carbocycles. The number of nitrogen functional groups attached to an aromatic ring is 1. The molecule has 3 N–H and O–H groups in total. The Morgan fingerprint density at radius 1 is 1.53 bits per heavy atom. The van der Waals surface area contributed by atoms with Crippen LogP contribution in [-0.2, 0) is 4.74 Å². The molecule has 1 fully saturated rings. The second-order valence-electron chi connectivity index (χ2n) is 5.27. The molecule has 0 bridgehead atoms. The highest BCUT2D eigenvalue weighted by Crippen LogP contribution is 2.32. The third-order valence-corrected chi connectivity index (χ3v) is 3.57. The summed E-state index contributed by atoms with van der Waals surface area (Å²) in [5, 5.41) is 3.41. The van der Waals surface area contributed by atoms with Gasteiger partial charge in [0.1, 0.15) is 5.82 Å². The Balaban J connectivity index is 2.18. The normalized spacial score (nSPS) is 17.2. The highest BCUT2D eigenvalue weighted by Gasteiger charge is 2.29. The molecule has 104 valence electrons. The van der Waals surface area contributed by atoms with E-state index in [9.17, 15) is 4.79 Å². The zero-order valence-electron chi connectivity index (χ0n) is 11.5. The van der Waals surface area contributed by atoms with Crippen LogP contribution in [0.3, 0.4) is 0 Å². The van der Waals surface area contributed by atoms with Gasteiger partial charge in [0, 0.05) is 5.54 Å². The summed E-state index contributed by atoms with van der Waals surface area (Å²) < 4.78 is 4.98. The van der Waals surface area contributed by atoms with Crippen LogP contribution in [-0.4, -0.2) is 23.1 Å². The van der Waals surface area contributed by atoms with Crippen LogP contribution in [0.4, 0.5) is 11.5 Å². The van der Waals surface area contributed by atoms with Crippen molar-refractivity contribution in [3.63, 3.8) is 0 Å². The van der Waals surface area contributed by atoms with Crippen LogP contribution in [0.2, 0.25) is 0 Å². The number of ether oxygens (including phenoxy) is 1. The molecular weight excluding hydrogens is 242 g/mol. The van der Waals surface area contributed by atoms with Gasteiger partial charge in [-0.25, -0.2) is 9.78 Å². The van der Waals surface area contributed by atoms with Gasteiger partial charge in [0.05, 0.1) is 24.1 Å². The molecule has 1 aromatic heterocycles. The van der Waals surface area contributed by atoms with Gasteiger partial charge < -0.3 is 15.8 Å². The van der Waals surface area contributed by atoms with Crippen molar-refractivity contribution >= 4 is 17.5 Å². The summed E-state index contributed by atoms with van der Waals surface area (Å²) in [6, 6.07) is 1.68. The molecule has 0 unspecified atom stereocenters. The molecule has 1 aromatic rings. The van der Waals surface area contributed by atoms with Gasteiger partial charge in [-0.2, -0.15) is 0 Å². The van der Waals surface area contributed by atoms with Crippen LogP contribution >= 0.6 is 0 Å². The number of pyridine rings is 1. The van der Waals surface area contributed by atoms with Crippen LogP contribution in [0, 0.1) is 0 Å². The molecule has 0 atom stereocenters. The lowest BCUT2D eigenvalue weighted by Crippen LogP contribution is -2.31. The fourth-order valence-corrected chi connectivity index (χ4v) is 2.51. The van der Waals surface area contributed by atoms with E-state index in [-0.39, 0.29) is 5.54 Å². The van der Waals surface area contributed by atoms with Crippen molar-refractivity contribution in [2.45, 2.75) is 45.1 Å². The third kappa shape index (κ3) is 3.16. The van der Waals surface area contributed by atoms with Crippen LogP contribution < -0.4 is 11.1 Å². The maximum atomic E-state index is 11.8. The van der Waals surface area contributed by atoms with Gasteiger partial charge in [0.25, 0.3) is 0 Å². The summed E-state index contributed by atoms with van der Waals surface area (Å²) >= 11 is 0. The lowest BCUT2D eigenvalue weighted by atomic mass is 10.0. The summed E-state index contributed by atoms with van der Waals surface area (Å²) in [7, 11) is 0. The Morgan fingerprint density at radius 2 is 2.21 bits per heavy atom. The molecule has 2 rings (SSSR count). The number of hydrogen-bond acceptors (Lipinski definition) is 5. The van der Waals surface area contributed by atoms with Crippen molar-refractivity contribution in [3.8, 4) is 0 Å². The first-order chi connectivity index (χ1) is 9.04. The van der Waals surface area contributed by atoms with Crippen molar-refractivity contribution in [2.24, 2.45) is 0 Å². The Labute approximate surface area is 113 Å². The summed E-state index contributed by atoms with van der Waals surface area (Å²) in [4.78, 5) is 16.0. The molecule has 0 saturated heterocycles. The molecule has 1 heterocycles. The second-order valence-corrected chi connectivity index (χ2v) is 5.27. The zero-order chi connectivity index (χ0) is 13.9. The summed E-state index contributed by atoms with van der Waals surface area (Å²) in [6.07, 6.45) is 6.20. The molecule has 19 heavy (non-hydrogen) atoms. The number of nitrogens with two attached hydrogens (primary N) is 1. The topological polar surface area (TPSA) is 77.2 Å². The molecule has 0 aromatic carbocycles. The average molecular weight is 263 g/mol. The zero-order valence-corrected chi connectivity index (χ0v) is 11.5. The van der Waals surface area contributed by atoms with Crippen molar-refractivity contribution in [3.05, 3.63) is 17.8 Å². The Hall–Kier alpha value is -1.78. The highest BCUT2D eigenvalue weighted by atomic mass is 16.5. The predicted molar refractivity (Wildman–Crippen MR) is 75.1 cm³/mol. The first-order valence-electron chi connectivity index (χ1n) is 6.75. The number of anilines is 2. The molecule has 1 aliphatic carbocycles. The summed E-state index contributed by atoms with van der Waals surface area (Å²) in [5.41, 5.74) is 6.56. The smallest absolute Gasteiger partial charge is 0.340 e. The van der Waals surface area contributed by atoms with Crippen LogP contribution in [0.25, 0.3) is 0 Å². The quantitative estimate of drug-likeness (QED) is 0.816. The molecule has 0 amide bonds. The molecule has 5 heteroatoms. The van der Waals surface area contributed by atoms with Crippen molar-refractivity contribution in [2.75, 3.05) is 17.7 Å². The standard InChI is InChI=1S/C14H21N3O2/c1-3-19-13(18)10-8-12(16-9-11(10)15)17-14(2)6-4-5-7-14/h8-9H,3-7,15H2,1-2H3,(H,16,17). The number of rotatable bonds is 4. The molecule has 0 radical (unpaired) electrons. The average Bonchev–Trinajstić information content (AvgIpc) is 2.79. The third-order valence-electron chi connectivity index (χ3n) is 3.57. The summed E-state index contributed by atoms with van der Waals surface area (Å²) in [5.74, 6) is 0.281. The van der Waals surface area contributed by atoms with E-state index in [0.717, 1.165) is 12.8 Å². The number of esters is 1. The van der Waals surface area contributed by atoms with E-state index >= 15 is 0 Å². The number of hydrogen-bond donors (Lipinski definition) is 2. The number of nitrogens with one attached hydrogen (secondary N) is 1. The second kappa shape index (κ2) is 5.47. The molecule has 5 nitrogen and oxygen atoms in total. The maximum absolute atomic E-state index is 11.8. The van der Waals surface area contributed by atoms with E-state index in [1.54, 1.807) is 13.0 Å². The van der Waals surface area contributed by atoms with E-state index in [2.05, 4.69) is 17.2 Å². The maximum Gasteiger partial charge on any atom is 0.340 e. The Bertz CT molecular complexity index is 468. The van der Waals surface area contributed by atoms with Crippen LogP contribution in [0.1, 0.15) is 49.9 Å². The number of aromatic nitrogens is 1. The molecule has 0 aliphatic heterocycles. The van der Waals surface area contributed by atoms with Crippen LogP contribution in [0.5, 0.6) is 0 Å². The summed E-state index contributed by atoms with van der Waals surface area (Å²) in [6.45, 7) is 4.29. The van der Waals surface area contributed by atoms with Gasteiger partial charge in [0.15, 0.2) is 0 Å². The molecular formula is C14H21N3O2. The highest BCUT2D eigenvalue weighted by molar-refractivity contribution is 5.95. The minimum absolute atomic E-state index is 0.0645. The Kier molecular flexibility index (Phi) is 3.93. The minimum atomic E-state index is -0.401. The Morgan fingerprint density at radius 3 is 2.84 bits per heavy atom. The van der Waals surface area contributed by atoms with E-state index in [0.29, 0.717) is 23.7 Å². The van der Waals surface area contributed by atoms with Gasteiger partial charge in [-0.05, 0) is 32.8 Å². The van der Waals surface area contributed by atoms with Gasteiger partial charge >= 0.3 is 5.97 Å². The molecule has 1 aliphatic rings. The van der Waals surface area contributed by atoms with E-state index in [4.69, 9.17) is 10.5 Å². The van der Waals surface area contributed by atoms with Crippen LogP contribution in [0.15, 0.2) is 12.3 Å². The van der Waals surface area contributed by atoms with E-state index < -0.39 is 5.97 Å². The number of carbonyl (C=O) groups is 1. The van der Waals surface area contributed by atoms with E-state index in [1.807, 2.05) is 0 Å². The molecule has 0 spiro atoms. The predicted octanol–water partition coefficient (Wildman–Crippen LogP) is 2.59. The van der Waals surface area contributed by atoms with Gasteiger partial charge in [-0.15, -0.1) is 0 Å². The van der Waals surface area contributed by atoms with Crippen molar-refractivity contribution in [1.82, 2.24) is 4.98 Å². The lowest BCUT2D eigenvalue weighted by Gasteiger charge is -2.26. The number of nitrogens with zero attached hydrogens (tertiary/aromatic N) is 1. The van der Waals surface area contributed by atoms with Gasteiger partial charge in [-0.1, -0.05) is 12.8 Å². The van der Waals surface area contributed by atoms with Crippen molar-refractivity contribution in [1.29, 1.82) is 0 Å². The number of carbonyl (C=O) groups excluding carboxylic acids is 1. The lowest BCUT2D eigenvalue weighted by molar-refractivity contribution is 0.0527. The van der Waals surface area contributed by atoms with Gasteiger partial charge in [-0.3, -0.25) is 0 Å². The fourth-order valence-electron chi connectivity index (χ4n) is 2.51. The first-order valence-corrected chi connectivity index (χ1v) is 6.75. The first kappa shape index (κ1) is 13.6.